The highest BCUT2D eigenvalue weighted by Crippen LogP contribution is 2.29. The fourth-order valence-corrected chi connectivity index (χ4v) is 2.38. The van der Waals surface area contributed by atoms with Gasteiger partial charge in [0.05, 0.1) is 11.2 Å². The molecule has 3 nitrogen and oxygen atoms in total. The summed E-state index contributed by atoms with van der Waals surface area (Å²) in [6.07, 6.45) is 2.58. The van der Waals surface area contributed by atoms with Crippen molar-refractivity contribution in [3.63, 3.8) is 0 Å². The van der Waals surface area contributed by atoms with Crippen LogP contribution in [0.3, 0.4) is 0 Å². The number of rotatable bonds is 6. The van der Waals surface area contributed by atoms with Crippen molar-refractivity contribution >= 4 is 16.6 Å². The number of fused-ring (bicyclic) bond motifs is 1. The second-order valence-corrected chi connectivity index (χ2v) is 6.12. The summed E-state index contributed by atoms with van der Waals surface area (Å²) < 4.78 is 0. The average Bonchev–Trinajstić information content (AvgIpc) is 3.22. The molecule has 0 aliphatic heterocycles. The summed E-state index contributed by atoms with van der Waals surface area (Å²) >= 11 is 0. The number of aromatic nitrogens is 1. The summed E-state index contributed by atoms with van der Waals surface area (Å²) in [5.41, 5.74) is 3.44. The monoisotopic (exact) mass is 269 g/mol. The largest absolute Gasteiger partial charge is 0.382 e. The van der Waals surface area contributed by atoms with Crippen LogP contribution in [0, 0.1) is 5.92 Å². The minimum atomic E-state index is 0.664. The molecular formula is C17H23N3. The van der Waals surface area contributed by atoms with Crippen LogP contribution in [0.5, 0.6) is 0 Å². The number of nitrogens with zero attached hydrogens (tertiary/aromatic N) is 1. The predicted octanol–water partition coefficient (Wildman–Crippen LogP) is 3.55. The lowest BCUT2D eigenvalue weighted by Crippen LogP contribution is -2.19. The van der Waals surface area contributed by atoms with Gasteiger partial charge >= 0.3 is 0 Å². The summed E-state index contributed by atoms with van der Waals surface area (Å²) in [4.78, 5) is 4.76. The predicted molar refractivity (Wildman–Crippen MR) is 84.9 cm³/mol. The maximum atomic E-state index is 4.76. The van der Waals surface area contributed by atoms with E-state index < -0.39 is 0 Å². The molecule has 3 heteroatoms. The lowest BCUT2D eigenvalue weighted by Gasteiger charge is -2.12. The zero-order valence-electron chi connectivity index (χ0n) is 12.3. The lowest BCUT2D eigenvalue weighted by atomic mass is 10.1. The van der Waals surface area contributed by atoms with Crippen molar-refractivity contribution in [3.8, 4) is 0 Å². The van der Waals surface area contributed by atoms with Crippen LogP contribution in [0.1, 0.15) is 32.4 Å². The Morgan fingerprint density at radius 3 is 2.80 bits per heavy atom. The summed E-state index contributed by atoms with van der Waals surface area (Å²) in [5, 5.41) is 8.33. The van der Waals surface area contributed by atoms with Crippen molar-refractivity contribution in [2.45, 2.75) is 39.3 Å². The van der Waals surface area contributed by atoms with Crippen molar-refractivity contribution < 1.29 is 0 Å². The number of anilines is 1. The fraction of sp³-hybridized carbons (Fsp3) is 0.471. The van der Waals surface area contributed by atoms with Crippen molar-refractivity contribution in [1.29, 1.82) is 0 Å². The van der Waals surface area contributed by atoms with Crippen LogP contribution in [0.25, 0.3) is 10.9 Å². The smallest absolute Gasteiger partial charge is 0.0726 e. The molecule has 1 aromatic carbocycles. The average molecular weight is 269 g/mol. The van der Waals surface area contributed by atoms with Gasteiger partial charge in [0.2, 0.25) is 0 Å². The Kier molecular flexibility index (Phi) is 3.88. The van der Waals surface area contributed by atoms with E-state index in [0.29, 0.717) is 12.0 Å². The van der Waals surface area contributed by atoms with E-state index in [2.05, 4.69) is 54.8 Å². The van der Waals surface area contributed by atoms with Gasteiger partial charge in [0.1, 0.15) is 0 Å². The van der Waals surface area contributed by atoms with Gasteiger partial charge in [-0.15, -0.1) is 0 Å². The van der Waals surface area contributed by atoms with Crippen molar-refractivity contribution in [2.24, 2.45) is 5.92 Å². The van der Waals surface area contributed by atoms with E-state index >= 15 is 0 Å². The van der Waals surface area contributed by atoms with E-state index in [1.54, 1.807) is 0 Å². The first-order chi connectivity index (χ1) is 9.72. The van der Waals surface area contributed by atoms with Crippen LogP contribution in [0.15, 0.2) is 30.3 Å². The maximum absolute atomic E-state index is 4.76. The van der Waals surface area contributed by atoms with Crippen LogP contribution >= 0.6 is 0 Å². The van der Waals surface area contributed by atoms with Gasteiger partial charge in [-0.05, 0) is 37.4 Å². The zero-order valence-corrected chi connectivity index (χ0v) is 12.3. The first-order valence-corrected chi connectivity index (χ1v) is 7.58. The second-order valence-electron chi connectivity index (χ2n) is 6.12. The number of hydrogen-bond acceptors (Lipinski definition) is 3. The van der Waals surface area contributed by atoms with E-state index in [4.69, 9.17) is 4.98 Å². The van der Waals surface area contributed by atoms with Gasteiger partial charge in [-0.25, -0.2) is 0 Å². The highest BCUT2D eigenvalue weighted by atomic mass is 15.0. The third-order valence-electron chi connectivity index (χ3n) is 3.56. The molecule has 1 aliphatic carbocycles. The number of para-hydroxylation sites is 1. The van der Waals surface area contributed by atoms with E-state index in [1.807, 2.05) is 0 Å². The topological polar surface area (TPSA) is 37.0 Å². The van der Waals surface area contributed by atoms with Gasteiger partial charge in [-0.3, -0.25) is 4.98 Å². The Morgan fingerprint density at radius 1 is 1.25 bits per heavy atom. The molecule has 1 saturated carbocycles. The molecule has 0 amide bonds. The molecular weight excluding hydrogens is 246 g/mol. The number of pyridine rings is 1. The number of hydrogen-bond donors (Lipinski definition) is 2. The molecule has 0 atom stereocenters. The summed E-state index contributed by atoms with van der Waals surface area (Å²) in [6, 6.07) is 11.3. The maximum Gasteiger partial charge on any atom is 0.0726 e. The molecule has 3 rings (SSSR count). The SMILES string of the molecule is CC(C)CNCc1cc(NC2CC2)c2ccccc2n1. The van der Waals surface area contributed by atoms with E-state index in [1.165, 1.54) is 23.9 Å². The number of nitrogens with one attached hydrogen (secondary N) is 2. The molecule has 0 spiro atoms. The van der Waals surface area contributed by atoms with Crippen LogP contribution < -0.4 is 10.6 Å². The number of benzene rings is 1. The minimum Gasteiger partial charge on any atom is -0.382 e. The van der Waals surface area contributed by atoms with E-state index in [9.17, 15) is 0 Å². The molecule has 2 aromatic rings. The molecule has 0 radical (unpaired) electrons. The molecule has 1 aliphatic rings. The molecule has 20 heavy (non-hydrogen) atoms. The first kappa shape index (κ1) is 13.4. The van der Waals surface area contributed by atoms with Gasteiger partial charge < -0.3 is 10.6 Å². The highest BCUT2D eigenvalue weighted by Gasteiger charge is 2.21. The molecule has 1 heterocycles. The van der Waals surface area contributed by atoms with Gasteiger partial charge in [0.25, 0.3) is 0 Å². The van der Waals surface area contributed by atoms with Crippen molar-refractivity contribution in [2.75, 3.05) is 11.9 Å². The quantitative estimate of drug-likeness (QED) is 0.842. The zero-order chi connectivity index (χ0) is 13.9. The summed E-state index contributed by atoms with van der Waals surface area (Å²) in [7, 11) is 0. The summed E-state index contributed by atoms with van der Waals surface area (Å²) in [5.74, 6) is 0.666. The molecule has 0 unspecified atom stereocenters. The van der Waals surface area contributed by atoms with Gasteiger partial charge in [0.15, 0.2) is 0 Å². The lowest BCUT2D eigenvalue weighted by molar-refractivity contribution is 0.549. The highest BCUT2D eigenvalue weighted by molar-refractivity contribution is 5.91. The molecule has 1 aromatic heterocycles. The fourth-order valence-electron chi connectivity index (χ4n) is 2.38. The van der Waals surface area contributed by atoms with E-state index in [-0.39, 0.29) is 0 Å². The third-order valence-corrected chi connectivity index (χ3v) is 3.56. The van der Waals surface area contributed by atoms with Crippen LogP contribution in [-0.2, 0) is 6.54 Å². The molecule has 0 saturated heterocycles. The second kappa shape index (κ2) is 5.80. The Bertz CT molecular complexity index is 588. The Balaban J connectivity index is 1.84. The molecule has 1 fully saturated rings. The van der Waals surface area contributed by atoms with E-state index in [0.717, 1.165) is 24.3 Å². The Morgan fingerprint density at radius 2 is 2.05 bits per heavy atom. The van der Waals surface area contributed by atoms with Gasteiger partial charge in [-0.1, -0.05) is 32.0 Å². The van der Waals surface area contributed by atoms with Gasteiger partial charge in [0, 0.05) is 23.7 Å². The van der Waals surface area contributed by atoms with Crippen molar-refractivity contribution in [3.05, 3.63) is 36.0 Å². The van der Waals surface area contributed by atoms with Crippen molar-refractivity contribution in [1.82, 2.24) is 10.3 Å². The Hall–Kier alpha value is -1.61. The third kappa shape index (κ3) is 3.28. The Labute approximate surface area is 120 Å². The van der Waals surface area contributed by atoms with Crippen LogP contribution in [0.4, 0.5) is 5.69 Å². The first-order valence-electron chi connectivity index (χ1n) is 7.58. The normalized spacial score (nSPS) is 14.9. The molecule has 106 valence electrons. The summed E-state index contributed by atoms with van der Waals surface area (Å²) in [6.45, 7) is 6.31. The minimum absolute atomic E-state index is 0.664. The standard InChI is InChI=1S/C17H23N3/c1-12(2)10-18-11-14-9-17(19-13-7-8-13)15-5-3-4-6-16(15)20-14/h3-6,9,12-13,18H,7-8,10-11H2,1-2H3,(H,19,20). The van der Waals surface area contributed by atoms with Crippen LogP contribution in [0.2, 0.25) is 0 Å². The van der Waals surface area contributed by atoms with Gasteiger partial charge in [-0.2, -0.15) is 0 Å². The van der Waals surface area contributed by atoms with Crippen LogP contribution in [-0.4, -0.2) is 17.6 Å². The molecule has 0 bridgehead atoms. The molecule has 2 N–H and O–H groups in total.